The van der Waals surface area contributed by atoms with E-state index in [0.717, 1.165) is 31.7 Å². The molecule has 3 heteroatoms. The lowest BCUT2D eigenvalue weighted by Crippen LogP contribution is -2.30. The number of hydrogen-bond donors (Lipinski definition) is 2. The number of hydrogen-bond acceptors (Lipinski definition) is 3. The first-order valence-corrected chi connectivity index (χ1v) is 5.46. The van der Waals surface area contributed by atoms with Gasteiger partial charge < -0.3 is 10.4 Å². The summed E-state index contributed by atoms with van der Waals surface area (Å²) in [7, 11) is 2.05. The number of β-amino-alcohol motifs (C(OH)–C–C–N with tert-alkyl or cyclic N) is 1. The zero-order valence-electron chi connectivity index (χ0n) is 8.95. The van der Waals surface area contributed by atoms with Gasteiger partial charge in [-0.2, -0.15) is 0 Å². The molecule has 0 aromatic heterocycles. The van der Waals surface area contributed by atoms with Crippen LogP contribution in [-0.2, 0) is 19.6 Å². The Hall–Kier alpha value is -0.900. The normalized spacial score (nSPS) is 25.1. The van der Waals surface area contributed by atoms with Crippen LogP contribution in [0.5, 0.6) is 0 Å². The third-order valence-electron chi connectivity index (χ3n) is 3.38. The molecule has 80 valence electrons. The summed E-state index contributed by atoms with van der Waals surface area (Å²) in [6.07, 6.45) is -0.315. The Kier molecular flexibility index (Phi) is 2.06. The monoisotopic (exact) mass is 204 g/mol. The first-order valence-electron chi connectivity index (χ1n) is 5.46. The summed E-state index contributed by atoms with van der Waals surface area (Å²) in [5.41, 5.74) is 5.18. The van der Waals surface area contributed by atoms with Gasteiger partial charge in [0.1, 0.15) is 0 Å². The Labute approximate surface area is 89.7 Å². The second kappa shape index (κ2) is 3.30. The van der Waals surface area contributed by atoms with Crippen LogP contribution in [0.2, 0.25) is 0 Å². The molecule has 0 fully saturated rings. The van der Waals surface area contributed by atoms with Crippen LogP contribution in [0.4, 0.5) is 0 Å². The van der Waals surface area contributed by atoms with E-state index >= 15 is 0 Å². The van der Waals surface area contributed by atoms with Crippen LogP contribution in [0.1, 0.15) is 28.4 Å². The van der Waals surface area contributed by atoms with E-state index in [2.05, 4.69) is 29.4 Å². The average molecular weight is 204 g/mol. The molecule has 0 spiro atoms. The van der Waals surface area contributed by atoms with Gasteiger partial charge in [-0.1, -0.05) is 12.1 Å². The molecule has 15 heavy (non-hydrogen) atoms. The van der Waals surface area contributed by atoms with Gasteiger partial charge in [0.15, 0.2) is 0 Å². The Bertz CT molecular complexity index is 403. The lowest BCUT2D eigenvalue weighted by atomic mass is 9.93. The number of nitrogens with one attached hydrogen (secondary N) is 1. The zero-order valence-corrected chi connectivity index (χ0v) is 8.95. The molecule has 0 saturated heterocycles. The van der Waals surface area contributed by atoms with Crippen molar-refractivity contribution < 1.29 is 5.11 Å². The van der Waals surface area contributed by atoms with Crippen molar-refractivity contribution in [3.63, 3.8) is 0 Å². The van der Waals surface area contributed by atoms with Crippen LogP contribution in [0.3, 0.4) is 0 Å². The molecule has 0 aliphatic carbocycles. The van der Waals surface area contributed by atoms with E-state index in [1.54, 1.807) is 0 Å². The first-order chi connectivity index (χ1) is 7.24. The smallest absolute Gasteiger partial charge is 0.0920 e. The molecule has 1 unspecified atom stereocenters. The summed E-state index contributed by atoms with van der Waals surface area (Å²) in [6.45, 7) is 3.63. The van der Waals surface area contributed by atoms with Gasteiger partial charge in [-0.05, 0) is 29.3 Å². The van der Waals surface area contributed by atoms with Crippen LogP contribution >= 0.6 is 0 Å². The SMILES string of the molecule is CN1Cc2cc3c(cc2C(O)C1)CNC3. The van der Waals surface area contributed by atoms with Crippen molar-refractivity contribution in [2.24, 2.45) is 0 Å². The molecule has 1 aromatic carbocycles. The van der Waals surface area contributed by atoms with E-state index in [-0.39, 0.29) is 6.10 Å². The van der Waals surface area contributed by atoms with Crippen LogP contribution < -0.4 is 5.32 Å². The summed E-state index contributed by atoms with van der Waals surface area (Å²) in [5.74, 6) is 0. The van der Waals surface area contributed by atoms with E-state index < -0.39 is 0 Å². The van der Waals surface area contributed by atoms with Gasteiger partial charge in [0, 0.05) is 26.2 Å². The molecular weight excluding hydrogens is 188 g/mol. The minimum absolute atomic E-state index is 0.315. The fourth-order valence-corrected chi connectivity index (χ4v) is 2.62. The highest BCUT2D eigenvalue weighted by Gasteiger charge is 2.24. The van der Waals surface area contributed by atoms with Crippen LogP contribution in [0, 0.1) is 0 Å². The largest absolute Gasteiger partial charge is 0.387 e. The molecule has 2 N–H and O–H groups in total. The summed E-state index contributed by atoms with van der Waals surface area (Å²) in [5, 5.41) is 13.3. The number of fused-ring (bicyclic) bond motifs is 2. The summed E-state index contributed by atoms with van der Waals surface area (Å²) < 4.78 is 0. The molecule has 2 aliphatic heterocycles. The molecule has 2 aliphatic rings. The van der Waals surface area contributed by atoms with Crippen molar-refractivity contribution in [3.05, 3.63) is 34.4 Å². The molecule has 0 bridgehead atoms. The number of benzene rings is 1. The van der Waals surface area contributed by atoms with Crippen molar-refractivity contribution >= 4 is 0 Å². The number of likely N-dealkylation sites (N-methyl/N-ethyl adjacent to an activating group) is 1. The number of aliphatic hydroxyl groups excluding tert-OH is 1. The highest BCUT2D eigenvalue weighted by molar-refractivity contribution is 5.42. The lowest BCUT2D eigenvalue weighted by Gasteiger charge is -2.29. The Morgan fingerprint density at radius 1 is 1.27 bits per heavy atom. The first kappa shape index (κ1) is 9.33. The minimum atomic E-state index is -0.315. The molecule has 1 aromatic rings. The van der Waals surface area contributed by atoms with Crippen molar-refractivity contribution in [3.8, 4) is 0 Å². The average Bonchev–Trinajstić information content (AvgIpc) is 2.61. The fraction of sp³-hybridized carbons (Fsp3) is 0.500. The lowest BCUT2D eigenvalue weighted by molar-refractivity contribution is 0.108. The highest BCUT2D eigenvalue weighted by Crippen LogP contribution is 2.30. The molecule has 1 atom stereocenters. The van der Waals surface area contributed by atoms with Crippen molar-refractivity contribution in [2.75, 3.05) is 13.6 Å². The number of rotatable bonds is 0. The Morgan fingerprint density at radius 3 is 2.80 bits per heavy atom. The molecule has 3 nitrogen and oxygen atoms in total. The predicted octanol–water partition coefficient (Wildman–Crippen LogP) is 0.769. The van der Waals surface area contributed by atoms with E-state index in [0.29, 0.717) is 0 Å². The van der Waals surface area contributed by atoms with Crippen molar-refractivity contribution in [1.82, 2.24) is 10.2 Å². The molecule has 0 amide bonds. The molecule has 0 radical (unpaired) electrons. The molecular formula is C12H16N2O. The maximum Gasteiger partial charge on any atom is 0.0920 e. The van der Waals surface area contributed by atoms with E-state index in [4.69, 9.17) is 0 Å². The maximum atomic E-state index is 10.0. The maximum absolute atomic E-state index is 10.0. The summed E-state index contributed by atoms with van der Waals surface area (Å²) in [6, 6.07) is 4.44. The van der Waals surface area contributed by atoms with E-state index in [1.807, 2.05) is 0 Å². The molecule has 2 heterocycles. The van der Waals surface area contributed by atoms with Gasteiger partial charge in [0.05, 0.1) is 6.10 Å². The highest BCUT2D eigenvalue weighted by atomic mass is 16.3. The second-order valence-electron chi connectivity index (χ2n) is 4.64. The topological polar surface area (TPSA) is 35.5 Å². The van der Waals surface area contributed by atoms with Crippen LogP contribution in [0.15, 0.2) is 12.1 Å². The minimum Gasteiger partial charge on any atom is -0.387 e. The van der Waals surface area contributed by atoms with Gasteiger partial charge in [0.25, 0.3) is 0 Å². The Balaban J connectivity index is 2.09. The third-order valence-corrected chi connectivity index (χ3v) is 3.38. The number of aliphatic hydroxyl groups is 1. The van der Waals surface area contributed by atoms with E-state index in [1.165, 1.54) is 16.7 Å². The zero-order chi connectivity index (χ0) is 10.4. The van der Waals surface area contributed by atoms with Crippen LogP contribution in [-0.4, -0.2) is 23.6 Å². The fourth-order valence-electron chi connectivity index (χ4n) is 2.62. The van der Waals surface area contributed by atoms with Gasteiger partial charge in [-0.25, -0.2) is 0 Å². The second-order valence-corrected chi connectivity index (χ2v) is 4.64. The third kappa shape index (κ3) is 1.47. The van der Waals surface area contributed by atoms with E-state index in [9.17, 15) is 5.11 Å². The van der Waals surface area contributed by atoms with Crippen LogP contribution in [0.25, 0.3) is 0 Å². The van der Waals surface area contributed by atoms with Crippen molar-refractivity contribution in [2.45, 2.75) is 25.7 Å². The van der Waals surface area contributed by atoms with Gasteiger partial charge in [0.2, 0.25) is 0 Å². The van der Waals surface area contributed by atoms with Crippen molar-refractivity contribution in [1.29, 1.82) is 0 Å². The molecule has 3 rings (SSSR count). The van der Waals surface area contributed by atoms with Gasteiger partial charge in [-0.3, -0.25) is 4.90 Å². The summed E-state index contributed by atoms with van der Waals surface area (Å²) >= 11 is 0. The summed E-state index contributed by atoms with van der Waals surface area (Å²) in [4.78, 5) is 2.17. The van der Waals surface area contributed by atoms with Gasteiger partial charge in [-0.15, -0.1) is 0 Å². The quantitative estimate of drug-likeness (QED) is 0.655. The van der Waals surface area contributed by atoms with Gasteiger partial charge >= 0.3 is 0 Å². The molecule has 0 saturated carbocycles. The number of nitrogens with zero attached hydrogens (tertiary/aromatic N) is 1. The predicted molar refractivity (Wildman–Crippen MR) is 58.3 cm³/mol. The Morgan fingerprint density at radius 2 is 2.00 bits per heavy atom. The standard InChI is InChI=1S/C12H16N2O/c1-14-6-10-2-8-4-13-5-9(8)3-11(10)12(15)7-14/h2-3,12-13,15H,4-7H2,1H3.